The molecule has 4 rings (SSSR count). The normalized spacial score (nSPS) is 16.8. The van der Waals surface area contributed by atoms with Gasteiger partial charge < -0.3 is 14.5 Å². The lowest BCUT2D eigenvalue weighted by Crippen LogP contribution is -2.35. The van der Waals surface area contributed by atoms with Gasteiger partial charge in [0.2, 0.25) is 5.82 Å². The summed E-state index contributed by atoms with van der Waals surface area (Å²) >= 11 is 0. The first-order valence-corrected chi connectivity index (χ1v) is 9.13. The van der Waals surface area contributed by atoms with Crippen molar-refractivity contribution in [1.82, 2.24) is 9.94 Å². The fraction of sp³-hybridized carbons (Fsp3) is 0.474. The summed E-state index contributed by atoms with van der Waals surface area (Å²) in [6.45, 7) is 1.94. The summed E-state index contributed by atoms with van der Waals surface area (Å²) in [6.07, 6.45) is 8.78. The van der Waals surface area contributed by atoms with Crippen LogP contribution in [-0.4, -0.2) is 22.0 Å². The minimum absolute atomic E-state index is 0.288. The number of carbonyl (C=O) groups is 1. The van der Waals surface area contributed by atoms with E-state index >= 15 is 0 Å². The van der Waals surface area contributed by atoms with Gasteiger partial charge in [0.05, 0.1) is 5.69 Å². The van der Waals surface area contributed by atoms with E-state index in [1.807, 2.05) is 25.1 Å². The Hall–Kier alpha value is -2.50. The van der Waals surface area contributed by atoms with E-state index in [0.717, 1.165) is 36.5 Å². The van der Waals surface area contributed by atoms with Crippen molar-refractivity contribution < 1.29 is 14.4 Å². The third-order valence-electron chi connectivity index (χ3n) is 4.80. The molecule has 0 spiro atoms. The first-order chi connectivity index (χ1) is 12.3. The van der Waals surface area contributed by atoms with Crippen molar-refractivity contribution in [2.24, 2.45) is 0 Å². The smallest absolute Gasteiger partial charge is 0.334 e. The monoisotopic (exact) mass is 341 g/mol. The molecule has 0 saturated heterocycles. The number of rotatable bonds is 4. The Morgan fingerprint density at radius 1 is 1.24 bits per heavy atom. The summed E-state index contributed by atoms with van der Waals surface area (Å²) in [4.78, 5) is 20.6. The van der Waals surface area contributed by atoms with E-state index in [1.165, 1.54) is 24.1 Å². The van der Waals surface area contributed by atoms with Crippen molar-refractivity contribution in [3.05, 3.63) is 30.5 Å². The molecule has 2 aromatic rings. The second kappa shape index (κ2) is 6.78. The minimum Gasteiger partial charge on any atom is -0.449 e. The van der Waals surface area contributed by atoms with Crippen LogP contribution >= 0.6 is 0 Å². The molecule has 0 bridgehead atoms. The van der Waals surface area contributed by atoms with Crippen LogP contribution < -0.4 is 14.5 Å². The lowest BCUT2D eigenvalue weighted by atomic mass is 9.93. The number of aromatic nitrogens is 2. The Morgan fingerprint density at radius 3 is 2.84 bits per heavy atom. The van der Waals surface area contributed by atoms with Crippen molar-refractivity contribution in [3.63, 3.8) is 0 Å². The Morgan fingerprint density at radius 2 is 2.04 bits per heavy atom. The number of hydrogen-bond donors (Lipinski definition) is 0. The van der Waals surface area contributed by atoms with Crippen molar-refractivity contribution in [1.29, 1.82) is 0 Å². The molecule has 1 aromatic carbocycles. The van der Waals surface area contributed by atoms with Crippen LogP contribution in [0.25, 0.3) is 0 Å². The molecule has 0 atom stereocenters. The van der Waals surface area contributed by atoms with Gasteiger partial charge in [-0.1, -0.05) is 43.2 Å². The molecule has 1 fully saturated rings. The van der Waals surface area contributed by atoms with E-state index in [-0.39, 0.29) is 5.97 Å². The molecule has 0 N–H and O–H groups in total. The molecule has 6 nitrogen and oxygen atoms in total. The van der Waals surface area contributed by atoms with Crippen molar-refractivity contribution in [2.45, 2.75) is 57.9 Å². The van der Waals surface area contributed by atoms with Crippen LogP contribution in [-0.2, 0) is 4.79 Å². The minimum atomic E-state index is -0.288. The summed E-state index contributed by atoms with van der Waals surface area (Å²) in [7, 11) is 0. The van der Waals surface area contributed by atoms with Crippen LogP contribution in [0.4, 0.5) is 11.5 Å². The highest BCUT2D eigenvalue weighted by atomic mass is 16.7. The maximum Gasteiger partial charge on any atom is 0.334 e. The second-order valence-corrected chi connectivity index (χ2v) is 6.66. The van der Waals surface area contributed by atoms with Crippen LogP contribution in [0.1, 0.15) is 51.9 Å². The summed E-state index contributed by atoms with van der Waals surface area (Å²) in [5, 5.41) is 4.50. The van der Waals surface area contributed by atoms with E-state index in [0.29, 0.717) is 18.2 Å². The van der Waals surface area contributed by atoms with Gasteiger partial charge in [-0.05, 0) is 31.4 Å². The molecule has 6 heteroatoms. The number of benzene rings is 1. The van der Waals surface area contributed by atoms with Crippen LogP contribution in [0, 0.1) is 0 Å². The number of nitrogens with zero attached hydrogens (tertiary/aromatic N) is 3. The maximum atomic E-state index is 11.8. The van der Waals surface area contributed by atoms with Gasteiger partial charge in [-0.3, -0.25) is 0 Å². The number of ether oxygens (including phenoxy) is 1. The highest BCUT2D eigenvalue weighted by Crippen LogP contribution is 2.48. The van der Waals surface area contributed by atoms with Crippen molar-refractivity contribution in [2.75, 3.05) is 4.90 Å². The highest BCUT2D eigenvalue weighted by molar-refractivity contribution is 5.76. The van der Waals surface area contributed by atoms with Gasteiger partial charge in [0.15, 0.2) is 11.5 Å². The Kier molecular flexibility index (Phi) is 4.34. The van der Waals surface area contributed by atoms with Crippen LogP contribution in [0.15, 0.2) is 30.5 Å². The predicted octanol–water partition coefficient (Wildman–Crippen LogP) is 4.21. The standard InChI is InChI=1S/C19H23N3O3/c1-2-8-18(23)25-21-13-17-19(20-21)22(14-9-4-3-5-10-14)15-11-6-7-12-16(15)24-17/h6-7,11-14H,2-5,8-10H2,1H3. The van der Waals surface area contributed by atoms with E-state index in [4.69, 9.17) is 9.57 Å². The van der Waals surface area contributed by atoms with Gasteiger partial charge in [0.1, 0.15) is 6.20 Å². The zero-order valence-corrected chi connectivity index (χ0v) is 14.5. The van der Waals surface area contributed by atoms with Gasteiger partial charge in [-0.2, -0.15) is 0 Å². The molecular weight excluding hydrogens is 318 g/mol. The molecule has 1 aromatic heterocycles. The van der Waals surface area contributed by atoms with Crippen LogP contribution in [0.5, 0.6) is 11.5 Å². The fourth-order valence-corrected chi connectivity index (χ4v) is 3.65. The lowest BCUT2D eigenvalue weighted by Gasteiger charge is -2.37. The fourth-order valence-electron chi connectivity index (χ4n) is 3.65. The van der Waals surface area contributed by atoms with E-state index < -0.39 is 0 Å². The molecule has 0 amide bonds. The first kappa shape index (κ1) is 16.0. The number of anilines is 2. The summed E-state index contributed by atoms with van der Waals surface area (Å²) in [5.74, 6) is 1.90. The average Bonchev–Trinajstić information content (AvgIpc) is 3.02. The predicted molar refractivity (Wildman–Crippen MR) is 94.3 cm³/mol. The van der Waals surface area contributed by atoms with Gasteiger partial charge in [0, 0.05) is 12.5 Å². The molecule has 1 aliphatic heterocycles. The van der Waals surface area contributed by atoms with E-state index in [1.54, 1.807) is 6.20 Å². The van der Waals surface area contributed by atoms with E-state index in [9.17, 15) is 4.79 Å². The van der Waals surface area contributed by atoms with Crippen LogP contribution in [0.2, 0.25) is 0 Å². The molecule has 1 aliphatic carbocycles. The maximum absolute atomic E-state index is 11.8. The Bertz CT molecular complexity index is 765. The number of fused-ring (bicyclic) bond motifs is 2. The van der Waals surface area contributed by atoms with Crippen molar-refractivity contribution in [3.8, 4) is 11.5 Å². The molecule has 25 heavy (non-hydrogen) atoms. The molecule has 0 unspecified atom stereocenters. The quantitative estimate of drug-likeness (QED) is 0.833. The first-order valence-electron chi connectivity index (χ1n) is 9.13. The third kappa shape index (κ3) is 3.08. The van der Waals surface area contributed by atoms with Gasteiger partial charge in [-0.15, -0.1) is 5.10 Å². The second-order valence-electron chi connectivity index (χ2n) is 6.66. The zero-order chi connectivity index (χ0) is 17.2. The van der Waals surface area contributed by atoms with Gasteiger partial charge >= 0.3 is 5.97 Å². The van der Waals surface area contributed by atoms with Gasteiger partial charge in [-0.25, -0.2) is 4.79 Å². The molecule has 2 aliphatic rings. The SMILES string of the molecule is CCCC(=O)On1cc2c(n1)N(C1CCCCC1)c1ccccc1O2. The van der Waals surface area contributed by atoms with Crippen LogP contribution in [0.3, 0.4) is 0 Å². The Balaban J connectivity index is 1.69. The molecule has 1 saturated carbocycles. The van der Waals surface area contributed by atoms with Gasteiger partial charge in [0.25, 0.3) is 0 Å². The molecule has 2 heterocycles. The number of carbonyl (C=O) groups excluding carboxylic acids is 1. The highest BCUT2D eigenvalue weighted by Gasteiger charge is 2.33. The molecule has 0 radical (unpaired) electrons. The topological polar surface area (TPSA) is 56.6 Å². The zero-order valence-electron chi connectivity index (χ0n) is 14.5. The largest absolute Gasteiger partial charge is 0.449 e. The molecular formula is C19H23N3O3. The lowest BCUT2D eigenvalue weighted by molar-refractivity contribution is -0.145. The Labute approximate surface area is 147 Å². The summed E-state index contributed by atoms with van der Waals surface area (Å²) in [5.41, 5.74) is 1.03. The number of para-hydroxylation sites is 2. The average molecular weight is 341 g/mol. The number of hydrogen-bond acceptors (Lipinski definition) is 5. The van der Waals surface area contributed by atoms with Crippen molar-refractivity contribution >= 4 is 17.5 Å². The molecule has 132 valence electrons. The van der Waals surface area contributed by atoms with E-state index in [2.05, 4.69) is 16.1 Å². The third-order valence-corrected chi connectivity index (χ3v) is 4.80. The summed E-state index contributed by atoms with van der Waals surface area (Å²) < 4.78 is 6.00. The summed E-state index contributed by atoms with van der Waals surface area (Å²) in [6, 6.07) is 8.41.